The van der Waals surface area contributed by atoms with Gasteiger partial charge in [-0.2, -0.15) is 0 Å². The molecule has 2 aromatic heterocycles. The minimum Gasteiger partial charge on any atom is -0.508 e. The van der Waals surface area contributed by atoms with Gasteiger partial charge in [0.1, 0.15) is 23.1 Å². The summed E-state index contributed by atoms with van der Waals surface area (Å²) in [5, 5.41) is 26.7. The van der Waals surface area contributed by atoms with Gasteiger partial charge in [0.05, 0.1) is 13.5 Å². The molecular weight excluding hydrogens is 580 g/mol. The first-order valence-corrected chi connectivity index (χ1v) is 16.0. The lowest BCUT2D eigenvalue weighted by Crippen LogP contribution is -2.31. The molecule has 2 heterocycles. The van der Waals surface area contributed by atoms with Crippen LogP contribution in [0.2, 0.25) is 0 Å². The van der Waals surface area contributed by atoms with Gasteiger partial charge in [-0.3, -0.25) is 9.59 Å². The van der Waals surface area contributed by atoms with Crippen LogP contribution in [0.5, 0.6) is 17.2 Å². The van der Waals surface area contributed by atoms with E-state index in [0.717, 1.165) is 59.5 Å². The number of carbonyl (C=O) groups excluding carboxylic acids is 2. The van der Waals surface area contributed by atoms with Gasteiger partial charge in [0.15, 0.2) is 11.5 Å². The van der Waals surface area contributed by atoms with Crippen molar-refractivity contribution < 1.29 is 24.5 Å². The Morgan fingerprint density at radius 1 is 0.935 bits per heavy atom. The first-order chi connectivity index (χ1) is 22.4. The van der Waals surface area contributed by atoms with Gasteiger partial charge in [-0.1, -0.05) is 24.6 Å². The van der Waals surface area contributed by atoms with Crippen LogP contribution in [0.15, 0.2) is 72.6 Å². The van der Waals surface area contributed by atoms with Gasteiger partial charge in [-0.25, -0.2) is 0 Å². The molecule has 0 saturated heterocycles. The molecule has 0 fully saturated rings. The van der Waals surface area contributed by atoms with E-state index in [9.17, 15) is 19.8 Å². The number of phenolic OH excluding ortho intramolecular Hbond substituents is 2. The number of fused-ring (bicyclic) bond motifs is 1. The number of hydrogen-bond donors (Lipinski definition) is 6. The van der Waals surface area contributed by atoms with Crippen molar-refractivity contribution in [2.45, 2.75) is 57.4 Å². The van der Waals surface area contributed by atoms with Gasteiger partial charge in [0.2, 0.25) is 0 Å². The third kappa shape index (κ3) is 8.09. The molecule has 2 aromatic carbocycles. The number of ketones is 2. The zero-order chi connectivity index (χ0) is 32.5. The molecule has 0 spiro atoms. The average molecular weight is 625 g/mol. The monoisotopic (exact) mass is 624 g/mol. The van der Waals surface area contributed by atoms with Crippen LogP contribution < -0.4 is 15.4 Å². The normalized spacial score (nSPS) is 15.7. The number of rotatable bonds is 17. The van der Waals surface area contributed by atoms with Gasteiger partial charge >= 0.3 is 0 Å². The van der Waals surface area contributed by atoms with Crippen molar-refractivity contribution >= 4 is 23.5 Å². The van der Waals surface area contributed by atoms with Crippen molar-refractivity contribution in [2.24, 2.45) is 5.92 Å². The summed E-state index contributed by atoms with van der Waals surface area (Å²) in [6, 6.07) is 16.9. The van der Waals surface area contributed by atoms with Crippen LogP contribution >= 0.6 is 0 Å². The third-order valence-corrected chi connectivity index (χ3v) is 8.78. The highest BCUT2D eigenvalue weighted by atomic mass is 16.5. The maximum Gasteiger partial charge on any atom is 0.162 e. The highest BCUT2D eigenvalue weighted by Crippen LogP contribution is 2.42. The number of methoxy groups -OCH3 is 1. The van der Waals surface area contributed by atoms with Crippen LogP contribution in [-0.2, 0) is 29.0 Å². The molecule has 4 aromatic rings. The van der Waals surface area contributed by atoms with Crippen molar-refractivity contribution in [3.8, 4) is 17.2 Å². The summed E-state index contributed by atoms with van der Waals surface area (Å²) in [5.74, 6) is 0.943. The number of nitrogens with one attached hydrogen (secondary N) is 4. The fourth-order valence-electron chi connectivity index (χ4n) is 6.54. The van der Waals surface area contributed by atoms with Crippen molar-refractivity contribution in [3.63, 3.8) is 0 Å². The van der Waals surface area contributed by atoms with E-state index in [4.69, 9.17) is 4.74 Å². The lowest BCUT2D eigenvalue weighted by atomic mass is 9.71. The Hall–Kier alpha value is -4.76. The van der Waals surface area contributed by atoms with Gasteiger partial charge in [0.25, 0.3) is 0 Å². The number of H-pyrrole nitrogens is 2. The second kappa shape index (κ2) is 15.5. The number of anilines is 1. The molecule has 5 rings (SSSR count). The quantitative estimate of drug-likeness (QED) is 0.0602. The maximum atomic E-state index is 14.1. The second-order valence-electron chi connectivity index (χ2n) is 12.0. The zero-order valence-corrected chi connectivity index (χ0v) is 26.6. The van der Waals surface area contributed by atoms with Crippen LogP contribution in [0.3, 0.4) is 0 Å². The summed E-state index contributed by atoms with van der Waals surface area (Å²) in [4.78, 5) is 33.9. The van der Waals surface area contributed by atoms with E-state index in [0.29, 0.717) is 30.8 Å². The van der Waals surface area contributed by atoms with Crippen LogP contribution in [0.1, 0.15) is 66.0 Å². The number of aryl methyl sites for hydroxylation is 2. The Labute approximate surface area is 270 Å². The molecule has 0 saturated carbocycles. The molecule has 9 nitrogen and oxygen atoms in total. The van der Waals surface area contributed by atoms with Crippen molar-refractivity contribution in [3.05, 3.63) is 101 Å². The number of hydrogen-bond acceptors (Lipinski definition) is 7. The molecule has 0 aliphatic heterocycles. The van der Waals surface area contributed by atoms with E-state index in [1.165, 1.54) is 7.11 Å². The number of ether oxygens (including phenoxy) is 1. The van der Waals surface area contributed by atoms with E-state index in [2.05, 4.69) is 32.7 Å². The van der Waals surface area contributed by atoms with Gasteiger partial charge < -0.3 is 35.6 Å². The molecule has 46 heavy (non-hydrogen) atoms. The van der Waals surface area contributed by atoms with E-state index >= 15 is 0 Å². The SMILES string of the molecule is CNCc1cc(CCC(=O)CC(=O)[C@H]2C(CNc3ccc[nH]3)=Cc3[nH]ccc3[C@@H]2CCCCc2cccc(O)c2)cc(OC)c1O. The number of aromatic amines is 2. The standard InChI is InChI=1S/C37H44N4O5/c1-38-22-27-17-25(19-34(46-2)37(27)45)12-13-29(43)21-33(44)36-26(23-41-35-11-6-15-40-35)20-32-30(14-16-39-32)31(36)10-4-3-7-24-8-5-9-28(42)18-24/h5-6,8-9,11,14-20,31,36,38-42,45H,3-4,7,10,12-13,21-23H2,1-2H3/t31-,36-/m0/s1. The van der Waals surface area contributed by atoms with Gasteiger partial charge in [0, 0.05) is 49.1 Å². The number of phenols is 2. The van der Waals surface area contributed by atoms with Crippen molar-refractivity contribution in [1.82, 2.24) is 15.3 Å². The summed E-state index contributed by atoms with van der Waals surface area (Å²) in [6.45, 7) is 0.942. The summed E-state index contributed by atoms with van der Waals surface area (Å²) < 4.78 is 5.34. The fourth-order valence-corrected chi connectivity index (χ4v) is 6.54. The highest BCUT2D eigenvalue weighted by Gasteiger charge is 2.37. The van der Waals surface area contributed by atoms with Crippen LogP contribution in [0.25, 0.3) is 6.08 Å². The lowest BCUT2D eigenvalue weighted by molar-refractivity contribution is -0.129. The largest absolute Gasteiger partial charge is 0.508 e. The topological polar surface area (TPSA) is 139 Å². The molecule has 2 atom stereocenters. The Morgan fingerprint density at radius 3 is 2.57 bits per heavy atom. The van der Waals surface area contributed by atoms with E-state index < -0.39 is 5.92 Å². The molecule has 9 heteroatoms. The van der Waals surface area contributed by atoms with E-state index in [-0.39, 0.29) is 41.8 Å². The third-order valence-electron chi connectivity index (χ3n) is 8.78. The molecule has 6 N–H and O–H groups in total. The van der Waals surface area contributed by atoms with Crippen LogP contribution in [0, 0.1) is 5.92 Å². The predicted molar refractivity (Wildman–Crippen MR) is 180 cm³/mol. The molecular formula is C37H44N4O5. The molecule has 1 aliphatic rings. The lowest BCUT2D eigenvalue weighted by Gasteiger charge is -2.32. The number of benzene rings is 2. The van der Waals surface area contributed by atoms with Crippen molar-refractivity contribution in [2.75, 3.05) is 26.0 Å². The molecule has 1 aliphatic carbocycles. The first-order valence-electron chi connectivity index (χ1n) is 16.0. The average Bonchev–Trinajstić information content (AvgIpc) is 3.74. The van der Waals surface area contributed by atoms with Crippen LogP contribution in [0.4, 0.5) is 5.82 Å². The fraction of sp³-hybridized carbons (Fsp3) is 0.351. The molecule has 0 unspecified atom stereocenters. The number of carbonyl (C=O) groups is 2. The Bertz CT molecular complexity index is 1660. The number of Topliss-reactive ketones (excluding diaryl/α,β-unsaturated/α-hetero) is 2. The first kappa shape index (κ1) is 32.6. The summed E-state index contributed by atoms with van der Waals surface area (Å²) in [5.41, 5.74) is 5.73. The van der Waals surface area contributed by atoms with E-state index in [1.807, 2.05) is 42.7 Å². The number of unbranched alkanes of at least 4 members (excludes halogenated alkanes) is 1. The minimum atomic E-state index is -0.425. The molecule has 0 amide bonds. The Morgan fingerprint density at radius 2 is 1.80 bits per heavy atom. The second-order valence-corrected chi connectivity index (χ2v) is 12.0. The number of aromatic nitrogens is 2. The van der Waals surface area contributed by atoms with Crippen LogP contribution in [-0.4, -0.2) is 52.4 Å². The predicted octanol–water partition coefficient (Wildman–Crippen LogP) is 6.27. The molecule has 242 valence electrons. The summed E-state index contributed by atoms with van der Waals surface area (Å²) in [7, 11) is 3.30. The summed E-state index contributed by atoms with van der Waals surface area (Å²) in [6.07, 6.45) is 9.82. The highest BCUT2D eigenvalue weighted by molar-refractivity contribution is 6.02. The van der Waals surface area contributed by atoms with Gasteiger partial charge in [-0.15, -0.1) is 0 Å². The zero-order valence-electron chi connectivity index (χ0n) is 26.6. The van der Waals surface area contributed by atoms with Gasteiger partial charge in [-0.05, 0) is 103 Å². The number of aromatic hydroxyl groups is 2. The minimum absolute atomic E-state index is 0.0540. The Kier molecular flexibility index (Phi) is 11.0. The van der Waals surface area contributed by atoms with E-state index in [1.54, 1.807) is 25.2 Å². The maximum absolute atomic E-state index is 14.1. The van der Waals surface area contributed by atoms with Crippen molar-refractivity contribution in [1.29, 1.82) is 0 Å². The molecule has 0 radical (unpaired) electrons. The smallest absolute Gasteiger partial charge is 0.162 e. The Balaban J connectivity index is 1.30. The summed E-state index contributed by atoms with van der Waals surface area (Å²) >= 11 is 0. The molecule has 0 bridgehead atoms.